The Bertz CT molecular complexity index is 702. The smallest absolute Gasteiger partial charge is 0.191 e. The molecule has 0 aromatic heterocycles. The molecule has 2 rings (SSSR count). The van der Waals surface area contributed by atoms with E-state index in [1.165, 1.54) is 0 Å². The summed E-state index contributed by atoms with van der Waals surface area (Å²) in [4.78, 5) is 0. The fourth-order valence-electron chi connectivity index (χ4n) is 1.80. The zero-order valence-electron chi connectivity index (χ0n) is 12.7. The highest BCUT2D eigenvalue weighted by molar-refractivity contribution is 7.80. The van der Waals surface area contributed by atoms with E-state index in [9.17, 15) is 5.11 Å². The third-order valence-electron chi connectivity index (χ3n) is 2.91. The lowest BCUT2D eigenvalue weighted by Gasteiger charge is -2.11. The molecule has 0 aliphatic carbocycles. The van der Waals surface area contributed by atoms with E-state index in [1.807, 2.05) is 6.07 Å². The first-order valence-electron chi connectivity index (χ1n) is 6.73. The molecular weight excluding hydrogens is 314 g/mol. The molecule has 120 valence electrons. The molecular formula is C16H17N3O3S. The molecule has 2 aromatic carbocycles. The Morgan fingerprint density at radius 1 is 1.09 bits per heavy atom. The number of nitrogens with zero attached hydrogens (tertiary/aromatic N) is 1. The Labute approximate surface area is 139 Å². The number of hydrazone groups is 1. The Kier molecular flexibility index (Phi) is 5.76. The van der Waals surface area contributed by atoms with Crippen LogP contribution >= 0.6 is 12.2 Å². The normalized spacial score (nSPS) is 10.3. The Hall–Kier alpha value is -2.80. The minimum atomic E-state index is 0.209. The fourth-order valence-corrected chi connectivity index (χ4v) is 1.97. The van der Waals surface area contributed by atoms with Crippen molar-refractivity contribution in [2.75, 3.05) is 19.5 Å². The van der Waals surface area contributed by atoms with E-state index in [1.54, 1.807) is 56.8 Å². The van der Waals surface area contributed by atoms with Crippen LogP contribution in [0.15, 0.2) is 47.6 Å². The minimum absolute atomic E-state index is 0.209. The second kappa shape index (κ2) is 8.00. The number of phenols is 1. The summed E-state index contributed by atoms with van der Waals surface area (Å²) in [5.41, 5.74) is 4.30. The third kappa shape index (κ3) is 4.86. The van der Waals surface area contributed by atoms with Gasteiger partial charge >= 0.3 is 0 Å². The van der Waals surface area contributed by atoms with Gasteiger partial charge in [-0.25, -0.2) is 0 Å². The van der Waals surface area contributed by atoms with Crippen molar-refractivity contribution in [3.8, 4) is 17.2 Å². The predicted octanol–water partition coefficient (Wildman–Crippen LogP) is 2.73. The first-order chi connectivity index (χ1) is 11.1. The minimum Gasteiger partial charge on any atom is -0.508 e. The second-order valence-electron chi connectivity index (χ2n) is 4.49. The van der Waals surface area contributed by atoms with Gasteiger partial charge in [-0.2, -0.15) is 5.10 Å². The average Bonchev–Trinajstić information content (AvgIpc) is 2.56. The molecule has 0 unspecified atom stereocenters. The van der Waals surface area contributed by atoms with Crippen LogP contribution in [0.3, 0.4) is 0 Å². The molecule has 0 saturated carbocycles. The van der Waals surface area contributed by atoms with Crippen LogP contribution in [0.1, 0.15) is 5.56 Å². The summed E-state index contributed by atoms with van der Waals surface area (Å²) in [6, 6.07) is 12.0. The van der Waals surface area contributed by atoms with Crippen molar-refractivity contribution < 1.29 is 14.6 Å². The topological polar surface area (TPSA) is 75.1 Å². The number of hydrogen-bond donors (Lipinski definition) is 3. The summed E-state index contributed by atoms with van der Waals surface area (Å²) >= 11 is 5.16. The lowest BCUT2D eigenvalue weighted by molar-refractivity contribution is 0.355. The molecule has 0 radical (unpaired) electrons. The highest BCUT2D eigenvalue weighted by Gasteiger charge is 2.05. The molecule has 0 spiro atoms. The highest BCUT2D eigenvalue weighted by Crippen LogP contribution is 2.29. The van der Waals surface area contributed by atoms with Gasteiger partial charge in [0.1, 0.15) is 5.75 Å². The standard InChI is InChI=1S/C16H17N3O3S/c1-21-14-8-5-12(9-15(14)22-2)18-16(23)19-17-10-11-3-6-13(20)7-4-11/h3-10,20H,1-2H3,(H2,18,19,23)/b17-10+. The molecule has 0 bridgehead atoms. The van der Waals surface area contributed by atoms with Gasteiger partial charge in [-0.05, 0) is 54.2 Å². The van der Waals surface area contributed by atoms with Crippen LogP contribution < -0.4 is 20.2 Å². The lowest BCUT2D eigenvalue weighted by Crippen LogP contribution is -2.23. The number of benzene rings is 2. The maximum atomic E-state index is 9.20. The van der Waals surface area contributed by atoms with Crippen molar-refractivity contribution in [3.05, 3.63) is 48.0 Å². The Morgan fingerprint density at radius 2 is 1.78 bits per heavy atom. The van der Waals surface area contributed by atoms with Gasteiger partial charge in [-0.1, -0.05) is 0 Å². The van der Waals surface area contributed by atoms with Gasteiger partial charge in [0.25, 0.3) is 0 Å². The zero-order chi connectivity index (χ0) is 16.7. The molecule has 0 saturated heterocycles. The molecule has 0 atom stereocenters. The number of thiocarbonyl (C=S) groups is 1. The van der Waals surface area contributed by atoms with Crippen molar-refractivity contribution in [1.82, 2.24) is 5.43 Å². The van der Waals surface area contributed by atoms with E-state index in [0.29, 0.717) is 16.6 Å². The van der Waals surface area contributed by atoms with Crippen LogP contribution in [0.4, 0.5) is 5.69 Å². The summed E-state index contributed by atoms with van der Waals surface area (Å²) in [5, 5.41) is 16.6. The third-order valence-corrected chi connectivity index (χ3v) is 3.11. The fraction of sp³-hybridized carbons (Fsp3) is 0.125. The molecule has 0 amide bonds. The number of rotatable bonds is 5. The molecule has 0 fully saturated rings. The van der Waals surface area contributed by atoms with E-state index in [4.69, 9.17) is 21.7 Å². The number of aromatic hydroxyl groups is 1. The Morgan fingerprint density at radius 3 is 2.43 bits per heavy atom. The number of hydrogen-bond acceptors (Lipinski definition) is 5. The predicted molar refractivity (Wildman–Crippen MR) is 94.6 cm³/mol. The van der Waals surface area contributed by atoms with Crippen LogP contribution in [0.2, 0.25) is 0 Å². The van der Waals surface area contributed by atoms with Crippen molar-refractivity contribution in [2.45, 2.75) is 0 Å². The quantitative estimate of drug-likeness (QED) is 0.444. The summed E-state index contributed by atoms with van der Waals surface area (Å²) in [5.74, 6) is 1.45. The van der Waals surface area contributed by atoms with Crippen LogP contribution in [0.25, 0.3) is 0 Å². The number of phenolic OH excluding ortho intramolecular Hbond substituents is 1. The molecule has 2 aromatic rings. The van der Waals surface area contributed by atoms with Gasteiger partial charge in [0.15, 0.2) is 16.6 Å². The maximum Gasteiger partial charge on any atom is 0.191 e. The van der Waals surface area contributed by atoms with Crippen molar-refractivity contribution in [1.29, 1.82) is 0 Å². The number of ether oxygens (including phenoxy) is 2. The van der Waals surface area contributed by atoms with Gasteiger partial charge in [0, 0.05) is 11.8 Å². The summed E-state index contributed by atoms with van der Waals surface area (Å²) in [6.45, 7) is 0. The van der Waals surface area contributed by atoms with E-state index < -0.39 is 0 Å². The van der Waals surface area contributed by atoms with E-state index in [2.05, 4.69) is 15.8 Å². The monoisotopic (exact) mass is 331 g/mol. The van der Waals surface area contributed by atoms with Gasteiger partial charge in [-0.3, -0.25) is 5.43 Å². The van der Waals surface area contributed by atoms with Crippen LogP contribution in [0, 0.1) is 0 Å². The molecule has 7 heteroatoms. The van der Waals surface area contributed by atoms with Gasteiger partial charge < -0.3 is 19.9 Å². The van der Waals surface area contributed by atoms with Crippen molar-refractivity contribution in [3.63, 3.8) is 0 Å². The van der Waals surface area contributed by atoms with Crippen LogP contribution in [0.5, 0.6) is 17.2 Å². The van der Waals surface area contributed by atoms with Crippen molar-refractivity contribution in [2.24, 2.45) is 5.10 Å². The number of methoxy groups -OCH3 is 2. The van der Waals surface area contributed by atoms with Gasteiger partial charge in [0.05, 0.1) is 20.4 Å². The summed E-state index contributed by atoms with van der Waals surface area (Å²) < 4.78 is 10.4. The Balaban J connectivity index is 1.93. The number of anilines is 1. The SMILES string of the molecule is COc1ccc(NC(=S)N/N=C/c2ccc(O)cc2)cc1OC. The first-order valence-corrected chi connectivity index (χ1v) is 7.14. The van der Waals surface area contributed by atoms with Crippen molar-refractivity contribution >= 4 is 29.2 Å². The largest absolute Gasteiger partial charge is 0.508 e. The molecule has 0 heterocycles. The molecule has 23 heavy (non-hydrogen) atoms. The second-order valence-corrected chi connectivity index (χ2v) is 4.89. The van der Waals surface area contributed by atoms with E-state index in [-0.39, 0.29) is 5.75 Å². The molecule has 0 aliphatic rings. The van der Waals surface area contributed by atoms with Gasteiger partial charge in [0.2, 0.25) is 0 Å². The number of nitrogens with one attached hydrogen (secondary N) is 2. The highest BCUT2D eigenvalue weighted by atomic mass is 32.1. The zero-order valence-corrected chi connectivity index (χ0v) is 13.6. The van der Waals surface area contributed by atoms with E-state index >= 15 is 0 Å². The summed E-state index contributed by atoms with van der Waals surface area (Å²) in [6.07, 6.45) is 1.60. The lowest BCUT2D eigenvalue weighted by atomic mass is 10.2. The molecule has 0 aliphatic heterocycles. The van der Waals surface area contributed by atoms with Gasteiger partial charge in [-0.15, -0.1) is 0 Å². The average molecular weight is 331 g/mol. The first kappa shape index (κ1) is 16.6. The van der Waals surface area contributed by atoms with Crippen LogP contribution in [-0.2, 0) is 0 Å². The maximum absolute atomic E-state index is 9.20. The van der Waals surface area contributed by atoms with Crippen LogP contribution in [-0.4, -0.2) is 30.7 Å². The molecule has 3 N–H and O–H groups in total. The van der Waals surface area contributed by atoms with E-state index in [0.717, 1.165) is 11.3 Å². The molecule has 6 nitrogen and oxygen atoms in total. The summed E-state index contributed by atoms with van der Waals surface area (Å²) in [7, 11) is 3.15.